The Labute approximate surface area is 80.4 Å². The standard InChI is InChI=1S/C9H8N4O/c10-8(14)7-2-1-6-3-4-11-5-12-9(6)13-7/h1-5H,(H2,10,14)(H,11,12,13). The summed E-state index contributed by atoms with van der Waals surface area (Å²) in [4.78, 5) is 18.8. The number of anilines is 1. The highest BCUT2D eigenvalue weighted by molar-refractivity contribution is 5.92. The highest BCUT2D eigenvalue weighted by Crippen LogP contribution is 2.16. The molecule has 0 aliphatic carbocycles. The molecule has 5 nitrogen and oxygen atoms in total. The summed E-state index contributed by atoms with van der Waals surface area (Å²) in [5.74, 6) is 0.0403. The van der Waals surface area contributed by atoms with Crippen molar-refractivity contribution in [3.05, 3.63) is 29.6 Å². The average molecular weight is 188 g/mol. The molecule has 0 bridgehead atoms. The van der Waals surface area contributed by atoms with Crippen molar-refractivity contribution in [3.8, 4) is 0 Å². The first-order valence-corrected chi connectivity index (χ1v) is 4.03. The number of fused-ring (bicyclic) bond motifs is 1. The summed E-state index contributed by atoms with van der Waals surface area (Å²) < 4.78 is 0. The van der Waals surface area contributed by atoms with Crippen molar-refractivity contribution in [2.24, 2.45) is 10.7 Å². The van der Waals surface area contributed by atoms with Crippen LogP contribution >= 0.6 is 0 Å². The Morgan fingerprint density at radius 2 is 2.29 bits per heavy atom. The number of aliphatic imine (C=N–C) groups is 1. The number of nitrogens with zero attached hydrogens (tertiary/aromatic N) is 2. The molecule has 3 N–H and O–H groups in total. The Morgan fingerprint density at radius 3 is 3.07 bits per heavy atom. The van der Waals surface area contributed by atoms with Crippen LogP contribution in [0.25, 0.3) is 6.08 Å². The lowest BCUT2D eigenvalue weighted by molar-refractivity contribution is 0.0995. The summed E-state index contributed by atoms with van der Waals surface area (Å²) in [6.45, 7) is 0. The maximum atomic E-state index is 10.9. The van der Waals surface area contributed by atoms with Crippen molar-refractivity contribution < 1.29 is 4.79 Å². The third-order valence-electron chi connectivity index (χ3n) is 1.79. The van der Waals surface area contributed by atoms with Crippen molar-refractivity contribution in [2.45, 2.75) is 0 Å². The van der Waals surface area contributed by atoms with E-state index in [1.807, 2.05) is 0 Å². The minimum atomic E-state index is -0.542. The molecule has 0 saturated heterocycles. The Balaban J connectivity index is 2.49. The molecular formula is C9H8N4O. The molecule has 1 amide bonds. The summed E-state index contributed by atoms with van der Waals surface area (Å²) >= 11 is 0. The second-order valence-corrected chi connectivity index (χ2v) is 2.74. The third-order valence-corrected chi connectivity index (χ3v) is 1.79. The number of hydrogen-bond donors (Lipinski definition) is 2. The van der Waals surface area contributed by atoms with Crippen molar-refractivity contribution >= 4 is 24.1 Å². The molecule has 1 aliphatic heterocycles. The molecule has 5 heteroatoms. The SMILES string of the molecule is NC(=O)c1ccc2c(n1)NC=NC=C2. The number of nitrogens with one attached hydrogen (secondary N) is 1. The maximum Gasteiger partial charge on any atom is 0.267 e. The van der Waals surface area contributed by atoms with E-state index in [0.29, 0.717) is 5.82 Å². The van der Waals surface area contributed by atoms with Crippen LogP contribution < -0.4 is 11.1 Å². The van der Waals surface area contributed by atoms with E-state index in [-0.39, 0.29) is 5.69 Å². The number of aromatic nitrogens is 1. The molecule has 1 aromatic rings. The zero-order valence-electron chi connectivity index (χ0n) is 7.27. The van der Waals surface area contributed by atoms with Crippen molar-refractivity contribution in [2.75, 3.05) is 5.32 Å². The van der Waals surface area contributed by atoms with Gasteiger partial charge in [-0.05, 0) is 18.2 Å². The fourth-order valence-electron chi connectivity index (χ4n) is 1.12. The predicted molar refractivity (Wildman–Crippen MR) is 53.9 cm³/mol. The van der Waals surface area contributed by atoms with E-state index in [2.05, 4.69) is 15.3 Å². The van der Waals surface area contributed by atoms with Crippen LogP contribution in [0, 0.1) is 0 Å². The van der Waals surface area contributed by atoms with Crippen LogP contribution in [0.2, 0.25) is 0 Å². The highest BCUT2D eigenvalue weighted by Gasteiger charge is 2.07. The maximum absolute atomic E-state index is 10.9. The van der Waals surface area contributed by atoms with Gasteiger partial charge in [0.05, 0.1) is 6.34 Å². The fourth-order valence-corrected chi connectivity index (χ4v) is 1.12. The molecule has 0 saturated carbocycles. The van der Waals surface area contributed by atoms with E-state index in [4.69, 9.17) is 5.73 Å². The molecule has 2 rings (SSSR count). The molecular weight excluding hydrogens is 180 g/mol. The Kier molecular flexibility index (Phi) is 1.98. The molecule has 0 atom stereocenters. The topological polar surface area (TPSA) is 80.4 Å². The number of carbonyl (C=O) groups is 1. The molecule has 1 aromatic heterocycles. The van der Waals surface area contributed by atoms with Crippen LogP contribution in [0.1, 0.15) is 16.1 Å². The minimum absolute atomic E-state index is 0.236. The summed E-state index contributed by atoms with van der Waals surface area (Å²) in [5, 5.41) is 2.85. The number of pyridine rings is 1. The van der Waals surface area contributed by atoms with Gasteiger partial charge in [-0.15, -0.1) is 0 Å². The van der Waals surface area contributed by atoms with Gasteiger partial charge in [0.2, 0.25) is 0 Å². The summed E-state index contributed by atoms with van der Waals surface area (Å²) in [7, 11) is 0. The number of primary amides is 1. The monoisotopic (exact) mass is 188 g/mol. The largest absolute Gasteiger partial charge is 0.364 e. The fraction of sp³-hybridized carbons (Fsp3) is 0. The lowest BCUT2D eigenvalue weighted by atomic mass is 10.2. The number of carbonyl (C=O) groups excluding carboxylic acids is 1. The first-order valence-electron chi connectivity index (χ1n) is 4.03. The second kappa shape index (κ2) is 3.29. The van der Waals surface area contributed by atoms with E-state index in [0.717, 1.165) is 5.56 Å². The van der Waals surface area contributed by atoms with Crippen LogP contribution in [-0.2, 0) is 0 Å². The average Bonchev–Trinajstić information content (AvgIpc) is 2.41. The minimum Gasteiger partial charge on any atom is -0.364 e. The van der Waals surface area contributed by atoms with Gasteiger partial charge in [-0.1, -0.05) is 0 Å². The van der Waals surface area contributed by atoms with E-state index in [1.54, 1.807) is 24.4 Å². The number of hydrogen-bond acceptors (Lipinski definition) is 4. The molecule has 0 aromatic carbocycles. The van der Waals surface area contributed by atoms with Gasteiger partial charge in [0.15, 0.2) is 0 Å². The summed E-state index contributed by atoms with van der Waals surface area (Å²) in [5.41, 5.74) is 6.21. The molecule has 0 radical (unpaired) electrons. The normalized spacial score (nSPS) is 12.9. The van der Waals surface area contributed by atoms with Gasteiger partial charge in [-0.2, -0.15) is 0 Å². The first kappa shape index (κ1) is 8.43. The smallest absolute Gasteiger partial charge is 0.267 e. The molecule has 14 heavy (non-hydrogen) atoms. The lowest BCUT2D eigenvalue weighted by Gasteiger charge is -2.03. The van der Waals surface area contributed by atoms with E-state index >= 15 is 0 Å². The van der Waals surface area contributed by atoms with E-state index < -0.39 is 5.91 Å². The van der Waals surface area contributed by atoms with Crippen LogP contribution in [0.4, 0.5) is 5.82 Å². The van der Waals surface area contributed by atoms with E-state index in [9.17, 15) is 4.79 Å². The van der Waals surface area contributed by atoms with Gasteiger partial charge in [0, 0.05) is 11.8 Å². The van der Waals surface area contributed by atoms with Crippen LogP contribution in [0.15, 0.2) is 23.3 Å². The summed E-state index contributed by atoms with van der Waals surface area (Å²) in [6.07, 6.45) is 4.94. The highest BCUT2D eigenvalue weighted by atomic mass is 16.1. The third kappa shape index (κ3) is 1.47. The molecule has 0 unspecified atom stereocenters. The Bertz CT molecular complexity index is 436. The molecule has 0 fully saturated rings. The molecule has 1 aliphatic rings. The van der Waals surface area contributed by atoms with Gasteiger partial charge in [0.25, 0.3) is 5.91 Å². The number of rotatable bonds is 1. The van der Waals surface area contributed by atoms with Gasteiger partial charge in [-0.25, -0.2) is 9.98 Å². The van der Waals surface area contributed by atoms with Gasteiger partial charge < -0.3 is 11.1 Å². The van der Waals surface area contributed by atoms with Gasteiger partial charge in [-0.3, -0.25) is 4.79 Å². The van der Waals surface area contributed by atoms with Gasteiger partial charge in [0.1, 0.15) is 11.5 Å². The lowest BCUT2D eigenvalue weighted by Crippen LogP contribution is -2.14. The number of nitrogens with two attached hydrogens (primary N) is 1. The molecule has 2 heterocycles. The van der Waals surface area contributed by atoms with Crippen molar-refractivity contribution in [1.29, 1.82) is 0 Å². The van der Waals surface area contributed by atoms with Crippen molar-refractivity contribution in [3.63, 3.8) is 0 Å². The zero-order valence-corrected chi connectivity index (χ0v) is 7.27. The van der Waals surface area contributed by atoms with Crippen molar-refractivity contribution in [1.82, 2.24) is 4.98 Å². The van der Waals surface area contributed by atoms with Crippen LogP contribution in [0.5, 0.6) is 0 Å². The molecule has 70 valence electrons. The second-order valence-electron chi connectivity index (χ2n) is 2.74. The Hall–Kier alpha value is -2.17. The summed E-state index contributed by atoms with van der Waals surface area (Å²) in [6, 6.07) is 3.35. The van der Waals surface area contributed by atoms with Gasteiger partial charge >= 0.3 is 0 Å². The Morgan fingerprint density at radius 1 is 1.43 bits per heavy atom. The number of amides is 1. The zero-order chi connectivity index (χ0) is 9.97. The quantitative estimate of drug-likeness (QED) is 0.677. The first-order chi connectivity index (χ1) is 6.77. The molecule has 0 spiro atoms. The van der Waals surface area contributed by atoms with Crippen LogP contribution in [-0.4, -0.2) is 17.2 Å². The van der Waals surface area contributed by atoms with Crippen LogP contribution in [0.3, 0.4) is 0 Å². The van der Waals surface area contributed by atoms with E-state index in [1.165, 1.54) is 6.34 Å². The predicted octanol–water partition coefficient (Wildman–Crippen LogP) is 0.605.